The van der Waals surface area contributed by atoms with E-state index in [2.05, 4.69) is 27.7 Å². The van der Waals surface area contributed by atoms with Crippen molar-refractivity contribution in [3.63, 3.8) is 0 Å². The summed E-state index contributed by atoms with van der Waals surface area (Å²) >= 11 is 0. The van der Waals surface area contributed by atoms with Crippen LogP contribution in [0.2, 0.25) is 0 Å². The molecule has 0 heterocycles. The van der Waals surface area contributed by atoms with E-state index in [0.717, 1.165) is 57.3 Å². The highest BCUT2D eigenvalue weighted by Crippen LogP contribution is 2.22. The van der Waals surface area contributed by atoms with Crippen LogP contribution in [-0.4, -0.2) is 24.1 Å². The van der Waals surface area contributed by atoms with Crippen molar-refractivity contribution >= 4 is 11.9 Å². The molecule has 3 atom stereocenters. The highest BCUT2D eigenvalue weighted by molar-refractivity contribution is 5.70. The smallest absolute Gasteiger partial charge is 0.306 e. The summed E-state index contributed by atoms with van der Waals surface area (Å²) < 4.78 is 11.3. The van der Waals surface area contributed by atoms with Crippen LogP contribution in [-0.2, 0) is 19.1 Å². The highest BCUT2D eigenvalue weighted by atomic mass is 16.5. The lowest BCUT2D eigenvalue weighted by Crippen LogP contribution is -2.20. The first-order valence-corrected chi connectivity index (χ1v) is 12.9. The van der Waals surface area contributed by atoms with E-state index in [1.54, 1.807) is 0 Å². The van der Waals surface area contributed by atoms with Gasteiger partial charge in [-0.15, -0.1) is 0 Å². The molecule has 0 aromatic carbocycles. The van der Waals surface area contributed by atoms with Crippen LogP contribution in [0.5, 0.6) is 0 Å². The normalized spacial score (nSPS) is 14.2. The molecule has 0 saturated heterocycles. The van der Waals surface area contributed by atoms with E-state index >= 15 is 0 Å². The maximum absolute atomic E-state index is 12.3. The van der Waals surface area contributed by atoms with Crippen molar-refractivity contribution < 1.29 is 19.1 Å². The van der Waals surface area contributed by atoms with E-state index in [4.69, 9.17) is 9.47 Å². The fourth-order valence-corrected chi connectivity index (χ4v) is 3.86. The second kappa shape index (κ2) is 19.9. The van der Waals surface area contributed by atoms with Gasteiger partial charge < -0.3 is 9.47 Å². The molecule has 0 saturated carbocycles. The number of ether oxygens (including phenoxy) is 2. The van der Waals surface area contributed by atoms with Crippen LogP contribution in [0.15, 0.2) is 0 Å². The van der Waals surface area contributed by atoms with Crippen LogP contribution in [0.25, 0.3) is 0 Å². The Bertz CT molecular complexity index is 421. The molecular formula is C26H50O4. The fraction of sp³-hybridized carbons (Fsp3) is 0.923. The molecule has 0 N–H and O–H groups in total. The van der Waals surface area contributed by atoms with E-state index < -0.39 is 0 Å². The van der Waals surface area contributed by atoms with Gasteiger partial charge in [-0.3, -0.25) is 9.59 Å². The molecule has 0 spiro atoms. The molecule has 0 aromatic rings. The minimum absolute atomic E-state index is 0.0380. The average molecular weight is 427 g/mol. The van der Waals surface area contributed by atoms with Crippen molar-refractivity contribution in [3.8, 4) is 0 Å². The van der Waals surface area contributed by atoms with Gasteiger partial charge in [0.1, 0.15) is 12.2 Å². The first kappa shape index (κ1) is 28.9. The molecule has 3 unspecified atom stereocenters. The van der Waals surface area contributed by atoms with Crippen LogP contribution < -0.4 is 0 Å². The molecule has 30 heavy (non-hydrogen) atoms. The Balaban J connectivity index is 4.21. The van der Waals surface area contributed by atoms with Gasteiger partial charge in [0.15, 0.2) is 0 Å². The van der Waals surface area contributed by atoms with Crippen molar-refractivity contribution in [3.05, 3.63) is 0 Å². The van der Waals surface area contributed by atoms with Crippen LogP contribution in [0.1, 0.15) is 137 Å². The number of unbranched alkanes of at least 4 members (excludes halogenated alkanes) is 3. The maximum atomic E-state index is 12.3. The van der Waals surface area contributed by atoms with Gasteiger partial charge in [0.05, 0.1) is 0 Å². The molecule has 0 fully saturated rings. The van der Waals surface area contributed by atoms with Gasteiger partial charge in [-0.25, -0.2) is 0 Å². The summed E-state index contributed by atoms with van der Waals surface area (Å²) in [4.78, 5) is 24.3. The topological polar surface area (TPSA) is 52.6 Å². The monoisotopic (exact) mass is 426 g/mol. The molecule has 178 valence electrons. The van der Waals surface area contributed by atoms with Gasteiger partial charge in [0.25, 0.3) is 0 Å². The predicted octanol–water partition coefficient (Wildman–Crippen LogP) is 7.77. The number of rotatable bonds is 20. The molecular weight excluding hydrogens is 376 g/mol. The summed E-state index contributed by atoms with van der Waals surface area (Å²) in [7, 11) is 0. The molecule has 0 bridgehead atoms. The van der Waals surface area contributed by atoms with E-state index in [0.29, 0.717) is 25.7 Å². The third-order valence-electron chi connectivity index (χ3n) is 5.99. The third kappa shape index (κ3) is 15.7. The Morgan fingerprint density at radius 3 is 1.63 bits per heavy atom. The van der Waals surface area contributed by atoms with Crippen LogP contribution in [0, 0.1) is 5.92 Å². The Hall–Kier alpha value is -1.06. The first-order chi connectivity index (χ1) is 14.5. The van der Waals surface area contributed by atoms with Crippen molar-refractivity contribution in [2.75, 3.05) is 0 Å². The molecule has 0 aliphatic carbocycles. The van der Waals surface area contributed by atoms with Crippen LogP contribution >= 0.6 is 0 Å². The second-order valence-corrected chi connectivity index (χ2v) is 8.76. The maximum Gasteiger partial charge on any atom is 0.306 e. The minimum atomic E-state index is -0.137. The van der Waals surface area contributed by atoms with Crippen LogP contribution in [0.3, 0.4) is 0 Å². The molecule has 0 amide bonds. The van der Waals surface area contributed by atoms with E-state index in [1.807, 2.05) is 6.92 Å². The van der Waals surface area contributed by atoms with Gasteiger partial charge >= 0.3 is 11.9 Å². The number of hydrogen-bond donors (Lipinski definition) is 0. The van der Waals surface area contributed by atoms with Crippen molar-refractivity contribution in [1.82, 2.24) is 0 Å². The summed E-state index contributed by atoms with van der Waals surface area (Å²) in [6.45, 7) is 10.8. The summed E-state index contributed by atoms with van der Waals surface area (Å²) in [6.07, 6.45) is 15.4. The molecule has 0 radical (unpaired) electrons. The van der Waals surface area contributed by atoms with Crippen molar-refractivity contribution in [2.24, 2.45) is 5.92 Å². The third-order valence-corrected chi connectivity index (χ3v) is 5.99. The SMILES string of the molecule is CCCCC(CC)CCC(CCCC)OC(=O)CCCCC(=O)OC(CC)CCC. The standard InChI is InChI=1S/C26H50O4/c1-6-11-16-22(9-4)20-21-24(17-12-7-2)30-26(28)19-14-13-18-25(27)29-23(10-5)15-8-3/h22-24H,6-21H2,1-5H3. The van der Waals surface area contributed by atoms with E-state index in [9.17, 15) is 9.59 Å². The second-order valence-electron chi connectivity index (χ2n) is 8.76. The molecule has 0 aliphatic heterocycles. The number of hydrogen-bond acceptors (Lipinski definition) is 4. The van der Waals surface area contributed by atoms with Gasteiger partial charge in [0.2, 0.25) is 0 Å². The van der Waals surface area contributed by atoms with Crippen LogP contribution in [0.4, 0.5) is 0 Å². The number of carbonyl (C=O) groups is 2. The van der Waals surface area contributed by atoms with E-state index in [-0.39, 0.29) is 24.1 Å². The zero-order valence-electron chi connectivity index (χ0n) is 20.7. The van der Waals surface area contributed by atoms with Gasteiger partial charge in [-0.1, -0.05) is 79.6 Å². The lowest BCUT2D eigenvalue weighted by Gasteiger charge is -2.21. The highest BCUT2D eigenvalue weighted by Gasteiger charge is 2.17. The first-order valence-electron chi connectivity index (χ1n) is 12.9. The molecule has 4 heteroatoms. The summed E-state index contributed by atoms with van der Waals surface area (Å²) in [6, 6.07) is 0. The number of esters is 2. The molecule has 0 aliphatic rings. The van der Waals surface area contributed by atoms with Gasteiger partial charge in [-0.2, -0.15) is 0 Å². The molecule has 0 rings (SSSR count). The van der Waals surface area contributed by atoms with Crippen molar-refractivity contribution in [2.45, 2.75) is 150 Å². The predicted molar refractivity (Wildman–Crippen MR) is 125 cm³/mol. The Kier molecular flexibility index (Phi) is 19.2. The van der Waals surface area contributed by atoms with E-state index in [1.165, 1.54) is 25.7 Å². The zero-order chi connectivity index (χ0) is 22.6. The summed E-state index contributed by atoms with van der Waals surface area (Å²) in [5.41, 5.74) is 0. The minimum Gasteiger partial charge on any atom is -0.462 e. The van der Waals surface area contributed by atoms with Gasteiger partial charge in [0, 0.05) is 12.8 Å². The fourth-order valence-electron chi connectivity index (χ4n) is 3.86. The molecule has 0 aromatic heterocycles. The molecule has 4 nitrogen and oxygen atoms in total. The summed E-state index contributed by atoms with van der Waals surface area (Å²) in [5, 5.41) is 0. The largest absolute Gasteiger partial charge is 0.462 e. The zero-order valence-corrected chi connectivity index (χ0v) is 20.7. The summed E-state index contributed by atoms with van der Waals surface area (Å²) in [5.74, 6) is 0.504. The van der Waals surface area contributed by atoms with Gasteiger partial charge in [-0.05, 0) is 50.9 Å². The average Bonchev–Trinajstić information content (AvgIpc) is 2.74. The number of carbonyl (C=O) groups excluding carboxylic acids is 2. The Morgan fingerprint density at radius 2 is 1.13 bits per heavy atom. The Morgan fingerprint density at radius 1 is 0.567 bits per heavy atom. The van der Waals surface area contributed by atoms with Crippen molar-refractivity contribution in [1.29, 1.82) is 0 Å². The quantitative estimate of drug-likeness (QED) is 0.147. The lowest BCUT2D eigenvalue weighted by molar-refractivity contribution is -0.152. The Labute approximate surface area is 186 Å². The lowest BCUT2D eigenvalue weighted by atomic mass is 9.92.